The van der Waals surface area contributed by atoms with Crippen LogP contribution in [0.2, 0.25) is 0 Å². The summed E-state index contributed by atoms with van der Waals surface area (Å²) in [5.41, 5.74) is 6.62. The monoisotopic (exact) mass is 500 g/mol. The van der Waals surface area contributed by atoms with E-state index in [1.807, 2.05) is 91.3 Å². The Bertz CT molecular complexity index is 1760. The van der Waals surface area contributed by atoms with Gasteiger partial charge >= 0.3 is 0 Å². The van der Waals surface area contributed by atoms with Crippen LogP contribution in [-0.4, -0.2) is 29.4 Å². The van der Waals surface area contributed by atoms with Gasteiger partial charge in [-0.15, -0.1) is 5.10 Å². The standard InChI is InChI=1S/C30H24N6O2/c1-19-13-15-23(16-14-19)37-17-24-32-28-27-26(21-9-5-3-6-10-21)25-20(2)33-36(22-11-7-4-8-12-22)30(25)38-29(27)31-18-35(28)34-24/h3-16,18,26H,17H2,1-2H3. The number of fused-ring (bicyclic) bond motifs is 4. The number of hydrogen-bond acceptors (Lipinski definition) is 6. The lowest BCUT2D eigenvalue weighted by Crippen LogP contribution is -2.16. The first-order chi connectivity index (χ1) is 18.7. The molecule has 0 N–H and O–H groups in total. The molecule has 0 radical (unpaired) electrons. The summed E-state index contributed by atoms with van der Waals surface area (Å²) < 4.78 is 16.0. The Morgan fingerprint density at radius 1 is 0.842 bits per heavy atom. The number of benzene rings is 3. The summed E-state index contributed by atoms with van der Waals surface area (Å²) in [5, 5.41) is 9.53. The van der Waals surface area contributed by atoms with E-state index in [1.165, 1.54) is 5.56 Å². The van der Waals surface area contributed by atoms with Gasteiger partial charge in [0.2, 0.25) is 11.8 Å². The van der Waals surface area contributed by atoms with Crippen molar-refractivity contribution in [1.82, 2.24) is 29.4 Å². The van der Waals surface area contributed by atoms with E-state index in [1.54, 1.807) is 10.8 Å². The van der Waals surface area contributed by atoms with Crippen LogP contribution < -0.4 is 9.47 Å². The lowest BCUT2D eigenvalue weighted by atomic mass is 9.84. The minimum atomic E-state index is -0.182. The average Bonchev–Trinajstić information content (AvgIpc) is 3.53. The molecule has 1 atom stereocenters. The second-order valence-corrected chi connectivity index (χ2v) is 9.36. The van der Waals surface area contributed by atoms with Gasteiger partial charge in [-0.25, -0.2) is 19.2 Å². The van der Waals surface area contributed by atoms with Crippen molar-refractivity contribution in [3.8, 4) is 23.2 Å². The summed E-state index contributed by atoms with van der Waals surface area (Å²) in [4.78, 5) is 9.55. The fourth-order valence-electron chi connectivity index (χ4n) is 4.99. The van der Waals surface area contributed by atoms with Crippen molar-refractivity contribution >= 4 is 5.65 Å². The molecule has 3 aromatic heterocycles. The molecule has 0 amide bonds. The lowest BCUT2D eigenvalue weighted by molar-refractivity contribution is 0.296. The summed E-state index contributed by atoms with van der Waals surface area (Å²) in [6.45, 7) is 4.30. The third-order valence-electron chi connectivity index (χ3n) is 6.79. The van der Waals surface area contributed by atoms with Crippen molar-refractivity contribution in [2.75, 3.05) is 0 Å². The van der Waals surface area contributed by atoms with Crippen LogP contribution >= 0.6 is 0 Å². The Hall–Kier alpha value is -4.98. The normalized spacial score (nSPS) is 14.1. The summed E-state index contributed by atoms with van der Waals surface area (Å²) in [6.07, 6.45) is 1.64. The molecule has 6 aromatic rings. The van der Waals surface area contributed by atoms with Gasteiger partial charge in [-0.3, -0.25) is 0 Å². The summed E-state index contributed by atoms with van der Waals surface area (Å²) in [6, 6.07) is 28.2. The first kappa shape index (κ1) is 22.2. The lowest BCUT2D eigenvalue weighted by Gasteiger charge is -2.26. The van der Waals surface area contributed by atoms with Crippen molar-refractivity contribution in [3.63, 3.8) is 0 Å². The Balaban J connectivity index is 1.36. The fourth-order valence-corrected chi connectivity index (χ4v) is 4.99. The molecule has 1 aliphatic rings. The third kappa shape index (κ3) is 3.69. The Kier molecular flexibility index (Phi) is 5.18. The minimum Gasteiger partial charge on any atom is -0.486 e. The van der Waals surface area contributed by atoms with E-state index in [0.717, 1.165) is 33.8 Å². The van der Waals surface area contributed by atoms with E-state index >= 15 is 0 Å². The molecule has 0 saturated heterocycles. The van der Waals surface area contributed by atoms with Crippen LogP contribution in [-0.2, 0) is 6.61 Å². The van der Waals surface area contributed by atoms with Gasteiger partial charge in [0, 0.05) is 0 Å². The van der Waals surface area contributed by atoms with Gasteiger partial charge in [0.25, 0.3) is 0 Å². The quantitative estimate of drug-likeness (QED) is 0.298. The Morgan fingerprint density at radius 3 is 2.34 bits per heavy atom. The zero-order valence-electron chi connectivity index (χ0n) is 20.9. The highest BCUT2D eigenvalue weighted by molar-refractivity contribution is 5.66. The molecule has 38 heavy (non-hydrogen) atoms. The summed E-state index contributed by atoms with van der Waals surface area (Å²) >= 11 is 0. The number of para-hydroxylation sites is 1. The molecular formula is C30H24N6O2. The van der Waals surface area contributed by atoms with Crippen LogP contribution in [0.4, 0.5) is 0 Å². The second kappa shape index (κ2) is 8.85. The van der Waals surface area contributed by atoms with Crippen LogP contribution in [0.3, 0.4) is 0 Å². The van der Waals surface area contributed by atoms with Crippen molar-refractivity contribution in [1.29, 1.82) is 0 Å². The highest BCUT2D eigenvalue weighted by atomic mass is 16.5. The van der Waals surface area contributed by atoms with Gasteiger partial charge < -0.3 is 9.47 Å². The van der Waals surface area contributed by atoms with Crippen molar-refractivity contribution in [3.05, 3.63) is 125 Å². The molecular weight excluding hydrogens is 476 g/mol. The van der Waals surface area contributed by atoms with Crippen molar-refractivity contribution in [2.45, 2.75) is 26.4 Å². The molecule has 186 valence electrons. The second-order valence-electron chi connectivity index (χ2n) is 9.36. The van der Waals surface area contributed by atoms with E-state index in [9.17, 15) is 0 Å². The van der Waals surface area contributed by atoms with Crippen molar-refractivity contribution < 1.29 is 9.47 Å². The molecule has 0 bridgehead atoms. The average molecular weight is 501 g/mol. The van der Waals surface area contributed by atoms with Gasteiger partial charge in [0.05, 0.1) is 28.4 Å². The van der Waals surface area contributed by atoms with Crippen LogP contribution in [0.15, 0.2) is 91.3 Å². The molecule has 0 spiro atoms. The van der Waals surface area contributed by atoms with Crippen LogP contribution in [0.25, 0.3) is 11.3 Å². The Morgan fingerprint density at radius 2 is 1.58 bits per heavy atom. The SMILES string of the molecule is Cc1ccc(OCc2nc3c4c(ncn3n2)Oc2c(c(C)nn2-c2ccccc2)C4c2ccccc2)cc1. The number of aryl methyl sites for hydroxylation is 2. The zero-order chi connectivity index (χ0) is 25.6. The summed E-state index contributed by atoms with van der Waals surface area (Å²) in [7, 11) is 0. The van der Waals surface area contributed by atoms with Gasteiger partial charge in [-0.05, 0) is 43.7 Å². The molecule has 1 aliphatic heterocycles. The molecule has 1 unspecified atom stereocenters. The van der Waals surface area contributed by atoms with Crippen LogP contribution in [0.1, 0.15) is 39.7 Å². The number of nitrogens with zero attached hydrogens (tertiary/aromatic N) is 6. The first-order valence-electron chi connectivity index (χ1n) is 12.5. The molecule has 8 nitrogen and oxygen atoms in total. The van der Waals surface area contributed by atoms with E-state index in [4.69, 9.17) is 19.6 Å². The van der Waals surface area contributed by atoms with Crippen molar-refractivity contribution in [2.24, 2.45) is 0 Å². The highest BCUT2D eigenvalue weighted by Crippen LogP contribution is 2.49. The maximum absolute atomic E-state index is 6.47. The van der Waals surface area contributed by atoms with E-state index < -0.39 is 0 Å². The molecule has 3 aromatic carbocycles. The molecule has 4 heterocycles. The third-order valence-corrected chi connectivity index (χ3v) is 6.79. The zero-order valence-corrected chi connectivity index (χ0v) is 20.9. The largest absolute Gasteiger partial charge is 0.486 e. The molecule has 8 heteroatoms. The number of hydrogen-bond donors (Lipinski definition) is 0. The van der Waals surface area contributed by atoms with Gasteiger partial charge in [-0.2, -0.15) is 5.10 Å². The van der Waals surface area contributed by atoms with Gasteiger partial charge in [0.1, 0.15) is 18.7 Å². The fraction of sp³-hybridized carbons (Fsp3) is 0.133. The topological polar surface area (TPSA) is 79.4 Å². The van der Waals surface area contributed by atoms with Gasteiger partial charge in [-0.1, -0.05) is 66.2 Å². The summed E-state index contributed by atoms with van der Waals surface area (Å²) in [5.74, 6) is 2.31. The van der Waals surface area contributed by atoms with E-state index in [2.05, 4.69) is 22.2 Å². The van der Waals surface area contributed by atoms with E-state index in [-0.39, 0.29) is 12.5 Å². The Labute approximate surface area is 219 Å². The van der Waals surface area contributed by atoms with Gasteiger partial charge in [0.15, 0.2) is 11.5 Å². The maximum Gasteiger partial charge on any atom is 0.230 e. The predicted molar refractivity (Wildman–Crippen MR) is 142 cm³/mol. The first-order valence-corrected chi connectivity index (χ1v) is 12.5. The predicted octanol–water partition coefficient (Wildman–Crippen LogP) is 5.79. The molecule has 0 aliphatic carbocycles. The smallest absolute Gasteiger partial charge is 0.230 e. The highest BCUT2D eigenvalue weighted by Gasteiger charge is 2.38. The number of rotatable bonds is 5. The molecule has 7 rings (SSSR count). The minimum absolute atomic E-state index is 0.182. The number of ether oxygens (including phenoxy) is 2. The molecule has 0 fully saturated rings. The van der Waals surface area contributed by atoms with E-state index in [0.29, 0.717) is 23.2 Å². The van der Waals surface area contributed by atoms with Crippen LogP contribution in [0.5, 0.6) is 17.5 Å². The molecule has 0 saturated carbocycles. The number of aromatic nitrogens is 6. The maximum atomic E-state index is 6.47. The van der Waals surface area contributed by atoms with Crippen LogP contribution in [0, 0.1) is 13.8 Å².